The molecule has 2 aromatic rings. The monoisotopic (exact) mass is 489 g/mol. The Hall–Kier alpha value is -3.11. The minimum atomic E-state index is -0.556. The molecule has 0 spiro atoms. The number of rotatable bonds is 5. The molecule has 0 bridgehead atoms. The van der Waals surface area contributed by atoms with Crippen LogP contribution < -0.4 is 0 Å². The van der Waals surface area contributed by atoms with Crippen molar-refractivity contribution >= 4 is 52.2 Å². The Bertz CT molecular complexity index is 1150. The van der Waals surface area contributed by atoms with Gasteiger partial charge in [-0.3, -0.25) is 29.4 Å². The molecule has 172 valence electrons. The Morgan fingerprint density at radius 2 is 1.88 bits per heavy atom. The first-order chi connectivity index (χ1) is 15.8. The van der Waals surface area contributed by atoms with Gasteiger partial charge in [0.05, 0.1) is 14.9 Å². The molecule has 0 N–H and O–H groups in total. The molecule has 3 heterocycles. The van der Waals surface area contributed by atoms with Gasteiger partial charge in [0.1, 0.15) is 18.1 Å². The Kier molecular flexibility index (Phi) is 6.85. The molecular weight excluding hydrogens is 470 g/mol. The minimum absolute atomic E-state index is 0.134. The van der Waals surface area contributed by atoms with Gasteiger partial charge < -0.3 is 9.32 Å². The number of likely N-dealkylation sites (tertiary alicyclic amines) is 1. The quantitative estimate of drug-likeness (QED) is 0.331. The van der Waals surface area contributed by atoms with Gasteiger partial charge in [-0.2, -0.15) is 0 Å². The number of thioether (sulfide) groups is 1. The maximum absolute atomic E-state index is 12.8. The van der Waals surface area contributed by atoms with Crippen LogP contribution in [-0.4, -0.2) is 51.4 Å². The normalized spacial score (nSPS) is 18.2. The lowest BCUT2D eigenvalue weighted by Gasteiger charge is -2.22. The first-order valence-electron chi connectivity index (χ1n) is 10.4. The Morgan fingerprint density at radius 1 is 1.15 bits per heavy atom. The molecule has 33 heavy (non-hydrogen) atoms. The number of carbonyl (C=O) groups is 3. The molecule has 1 aromatic carbocycles. The van der Waals surface area contributed by atoms with E-state index in [1.807, 2.05) is 0 Å². The molecule has 9 nitrogen and oxygen atoms in total. The number of nitrogens with zero attached hydrogens (tertiary/aromatic N) is 3. The summed E-state index contributed by atoms with van der Waals surface area (Å²) in [7, 11) is 0. The summed E-state index contributed by atoms with van der Waals surface area (Å²) in [5.74, 6) is -0.233. The first kappa shape index (κ1) is 23.1. The lowest BCUT2D eigenvalue weighted by Crippen LogP contribution is -2.42. The lowest BCUT2D eigenvalue weighted by atomic mass is 10.1. The van der Waals surface area contributed by atoms with Crippen LogP contribution in [0.2, 0.25) is 5.02 Å². The first-order valence-corrected chi connectivity index (χ1v) is 11.6. The van der Waals surface area contributed by atoms with Crippen LogP contribution in [0.3, 0.4) is 0 Å². The molecule has 4 rings (SSSR count). The molecule has 2 aliphatic heterocycles. The molecule has 0 unspecified atom stereocenters. The van der Waals surface area contributed by atoms with Crippen molar-refractivity contribution in [3.63, 3.8) is 0 Å². The zero-order valence-electron chi connectivity index (χ0n) is 17.5. The number of halogens is 1. The van der Waals surface area contributed by atoms with Crippen LogP contribution in [0.1, 0.15) is 31.4 Å². The number of imide groups is 1. The summed E-state index contributed by atoms with van der Waals surface area (Å²) in [6, 6.07) is 7.14. The molecule has 0 atom stereocenters. The minimum Gasteiger partial charge on any atom is -0.457 e. The van der Waals surface area contributed by atoms with Crippen molar-refractivity contribution in [1.82, 2.24) is 9.80 Å². The predicted octanol–water partition coefficient (Wildman–Crippen LogP) is 4.95. The van der Waals surface area contributed by atoms with Crippen molar-refractivity contribution in [1.29, 1.82) is 0 Å². The highest BCUT2D eigenvalue weighted by atomic mass is 35.5. The number of nitro groups is 1. The number of nitro benzene ring substituents is 1. The van der Waals surface area contributed by atoms with Gasteiger partial charge in [-0.1, -0.05) is 24.4 Å². The maximum atomic E-state index is 12.8. The van der Waals surface area contributed by atoms with E-state index < -0.39 is 16.1 Å². The second-order valence-electron chi connectivity index (χ2n) is 7.69. The third-order valence-corrected chi connectivity index (χ3v) is 6.69. The Labute approximate surface area is 198 Å². The van der Waals surface area contributed by atoms with Crippen molar-refractivity contribution in [2.75, 3.05) is 19.6 Å². The highest BCUT2D eigenvalue weighted by Gasteiger charge is 2.37. The third-order valence-electron chi connectivity index (χ3n) is 5.45. The molecule has 3 amide bonds. The van der Waals surface area contributed by atoms with E-state index in [2.05, 4.69) is 0 Å². The molecule has 1 aromatic heterocycles. The fourth-order valence-corrected chi connectivity index (χ4v) is 4.74. The van der Waals surface area contributed by atoms with E-state index in [-0.39, 0.29) is 39.6 Å². The summed E-state index contributed by atoms with van der Waals surface area (Å²) in [6.45, 7) is 0.995. The maximum Gasteiger partial charge on any atom is 0.294 e. The van der Waals surface area contributed by atoms with Crippen molar-refractivity contribution < 1.29 is 23.7 Å². The van der Waals surface area contributed by atoms with E-state index in [9.17, 15) is 24.5 Å². The van der Waals surface area contributed by atoms with Crippen LogP contribution in [0, 0.1) is 10.1 Å². The molecule has 0 saturated carbocycles. The highest BCUT2D eigenvalue weighted by molar-refractivity contribution is 8.18. The number of hydrogen-bond donors (Lipinski definition) is 0. The van der Waals surface area contributed by atoms with Crippen LogP contribution in [0.25, 0.3) is 17.4 Å². The van der Waals surface area contributed by atoms with E-state index in [1.165, 1.54) is 24.3 Å². The van der Waals surface area contributed by atoms with Gasteiger partial charge >= 0.3 is 0 Å². The highest BCUT2D eigenvalue weighted by Crippen LogP contribution is 2.35. The van der Waals surface area contributed by atoms with Gasteiger partial charge in [-0.05, 0) is 42.8 Å². The summed E-state index contributed by atoms with van der Waals surface area (Å²) in [5.41, 5.74) is 0.198. The smallest absolute Gasteiger partial charge is 0.294 e. The molecule has 0 aliphatic carbocycles. The van der Waals surface area contributed by atoms with Crippen molar-refractivity contribution in [2.24, 2.45) is 0 Å². The zero-order chi connectivity index (χ0) is 23.5. The SMILES string of the molecule is O=C(CN1C(=O)SC(=Cc2ccc(-c3cc([N+](=O)[O-])ccc3Cl)o2)C1=O)N1CCCCCC1. The van der Waals surface area contributed by atoms with Gasteiger partial charge in [-0.15, -0.1) is 0 Å². The second-order valence-corrected chi connectivity index (χ2v) is 9.09. The van der Waals surface area contributed by atoms with E-state index in [0.717, 1.165) is 42.3 Å². The van der Waals surface area contributed by atoms with Crippen molar-refractivity contribution in [3.05, 3.63) is 56.1 Å². The number of benzene rings is 1. The number of furan rings is 1. The van der Waals surface area contributed by atoms with E-state index in [0.29, 0.717) is 18.7 Å². The van der Waals surface area contributed by atoms with Gasteiger partial charge in [0.2, 0.25) is 5.91 Å². The van der Waals surface area contributed by atoms with Crippen LogP contribution >= 0.6 is 23.4 Å². The summed E-state index contributed by atoms with van der Waals surface area (Å²) < 4.78 is 5.70. The van der Waals surface area contributed by atoms with Crippen LogP contribution in [0.5, 0.6) is 0 Å². The average Bonchev–Trinajstić information content (AvgIpc) is 3.21. The molecule has 2 aliphatic rings. The summed E-state index contributed by atoms with van der Waals surface area (Å²) >= 11 is 6.89. The van der Waals surface area contributed by atoms with Crippen molar-refractivity contribution in [2.45, 2.75) is 25.7 Å². The largest absolute Gasteiger partial charge is 0.457 e. The zero-order valence-corrected chi connectivity index (χ0v) is 19.1. The van der Waals surface area contributed by atoms with Crippen LogP contribution in [-0.2, 0) is 9.59 Å². The number of non-ortho nitro benzene ring substituents is 1. The summed E-state index contributed by atoms with van der Waals surface area (Å²) in [6.07, 6.45) is 5.39. The third kappa shape index (κ3) is 5.12. The Balaban J connectivity index is 1.49. The molecular formula is C22H20ClN3O6S. The average molecular weight is 490 g/mol. The topological polar surface area (TPSA) is 114 Å². The van der Waals surface area contributed by atoms with Crippen LogP contribution in [0.4, 0.5) is 10.5 Å². The van der Waals surface area contributed by atoms with E-state index >= 15 is 0 Å². The molecule has 11 heteroatoms. The molecule has 2 saturated heterocycles. The fourth-order valence-electron chi connectivity index (χ4n) is 3.71. The predicted molar refractivity (Wildman–Crippen MR) is 124 cm³/mol. The van der Waals surface area contributed by atoms with Gasteiger partial charge in [0.15, 0.2) is 0 Å². The fraction of sp³-hybridized carbons (Fsp3) is 0.318. The number of hydrogen-bond acceptors (Lipinski definition) is 7. The van der Waals surface area contributed by atoms with Crippen molar-refractivity contribution in [3.8, 4) is 11.3 Å². The lowest BCUT2D eigenvalue weighted by molar-refractivity contribution is -0.384. The second kappa shape index (κ2) is 9.80. The number of carbonyl (C=O) groups excluding carboxylic acids is 3. The number of amides is 3. The van der Waals surface area contributed by atoms with Gasteiger partial charge in [-0.25, -0.2) is 0 Å². The standard InChI is InChI=1S/C22H20ClN3O6S/c23-17-7-5-14(26(30)31)11-16(17)18-8-6-15(32-18)12-19-21(28)25(22(29)33-19)13-20(27)24-9-3-1-2-4-10-24/h5-8,11-12H,1-4,9-10,13H2. The summed E-state index contributed by atoms with van der Waals surface area (Å²) in [4.78, 5) is 51.1. The van der Waals surface area contributed by atoms with Crippen LogP contribution in [0.15, 0.2) is 39.7 Å². The van der Waals surface area contributed by atoms with Gasteiger partial charge in [0.25, 0.3) is 16.8 Å². The van der Waals surface area contributed by atoms with Gasteiger partial charge in [0, 0.05) is 36.9 Å². The Morgan fingerprint density at radius 3 is 2.58 bits per heavy atom. The van der Waals surface area contributed by atoms with E-state index in [4.69, 9.17) is 16.0 Å². The van der Waals surface area contributed by atoms with E-state index in [1.54, 1.807) is 17.0 Å². The summed E-state index contributed by atoms with van der Waals surface area (Å²) in [5, 5.41) is 10.8. The molecule has 2 fully saturated rings. The molecule has 0 radical (unpaired) electrons.